The molecule has 0 bridgehead atoms. The number of aryl methyl sites for hydroxylation is 2. The van der Waals surface area contributed by atoms with Crippen molar-refractivity contribution < 1.29 is 9.59 Å². The van der Waals surface area contributed by atoms with Crippen LogP contribution in [0, 0.1) is 19.3 Å². The molecule has 0 aliphatic rings. The topological polar surface area (TPSA) is 86.2 Å². The summed E-state index contributed by atoms with van der Waals surface area (Å²) < 4.78 is 0. The zero-order valence-electron chi connectivity index (χ0n) is 13.5. The SMILES string of the molecule is Cc1ccc(CC(Cc2ccc(C)cc2)(C(N)=O)C(N)=O)cc1. The number of amides is 2. The summed E-state index contributed by atoms with van der Waals surface area (Å²) >= 11 is 0. The molecule has 0 atom stereocenters. The van der Waals surface area contributed by atoms with E-state index in [2.05, 4.69) is 0 Å². The van der Waals surface area contributed by atoms with Crippen molar-refractivity contribution in [1.29, 1.82) is 0 Å². The second kappa shape index (κ2) is 6.65. The summed E-state index contributed by atoms with van der Waals surface area (Å²) in [6, 6.07) is 15.3. The van der Waals surface area contributed by atoms with Gasteiger partial charge < -0.3 is 11.5 Å². The lowest BCUT2D eigenvalue weighted by molar-refractivity contribution is -0.139. The molecule has 0 spiro atoms. The van der Waals surface area contributed by atoms with Crippen LogP contribution in [0.2, 0.25) is 0 Å². The predicted octanol–water partition coefficient (Wildman–Crippen LogP) is 2.05. The maximum Gasteiger partial charge on any atom is 0.233 e. The Labute approximate surface area is 136 Å². The second-order valence-electron chi connectivity index (χ2n) is 6.14. The van der Waals surface area contributed by atoms with Crippen molar-refractivity contribution in [2.24, 2.45) is 16.9 Å². The second-order valence-corrected chi connectivity index (χ2v) is 6.14. The van der Waals surface area contributed by atoms with E-state index in [4.69, 9.17) is 11.5 Å². The Morgan fingerprint density at radius 1 is 0.739 bits per heavy atom. The van der Waals surface area contributed by atoms with Gasteiger partial charge in [-0.2, -0.15) is 0 Å². The minimum absolute atomic E-state index is 0.200. The third-order valence-electron chi connectivity index (χ3n) is 4.20. The van der Waals surface area contributed by atoms with Gasteiger partial charge in [0.15, 0.2) is 0 Å². The molecule has 0 unspecified atom stereocenters. The summed E-state index contributed by atoms with van der Waals surface area (Å²) in [6.07, 6.45) is 0.400. The highest BCUT2D eigenvalue weighted by atomic mass is 16.2. The maximum atomic E-state index is 12.1. The summed E-state index contributed by atoms with van der Waals surface area (Å²) in [5.74, 6) is -1.38. The molecule has 4 heteroatoms. The molecule has 2 aromatic rings. The first-order valence-corrected chi connectivity index (χ1v) is 7.54. The molecule has 2 aromatic carbocycles. The molecule has 0 radical (unpaired) electrons. The molecule has 23 heavy (non-hydrogen) atoms. The fraction of sp³-hybridized carbons (Fsp3) is 0.263. The third kappa shape index (κ3) is 3.77. The van der Waals surface area contributed by atoms with E-state index in [-0.39, 0.29) is 12.8 Å². The number of rotatable bonds is 6. The van der Waals surface area contributed by atoms with Crippen LogP contribution in [0.3, 0.4) is 0 Å². The lowest BCUT2D eigenvalue weighted by Crippen LogP contribution is -2.50. The highest BCUT2D eigenvalue weighted by Gasteiger charge is 2.43. The van der Waals surface area contributed by atoms with Gasteiger partial charge in [-0.15, -0.1) is 0 Å². The minimum atomic E-state index is -1.43. The molecular weight excluding hydrogens is 288 g/mol. The maximum absolute atomic E-state index is 12.1. The standard InChI is InChI=1S/C19H22N2O2/c1-13-3-7-15(8-4-13)11-19(17(20)22,18(21)23)12-16-9-5-14(2)6-10-16/h3-10H,11-12H2,1-2H3,(H2,20,22)(H2,21,23). The molecule has 2 amide bonds. The van der Waals surface area contributed by atoms with Gasteiger partial charge in [0.2, 0.25) is 11.8 Å². The summed E-state index contributed by atoms with van der Waals surface area (Å²) in [4.78, 5) is 24.3. The van der Waals surface area contributed by atoms with Gasteiger partial charge in [0.25, 0.3) is 0 Å². The lowest BCUT2D eigenvalue weighted by atomic mass is 9.75. The molecule has 0 saturated carbocycles. The first kappa shape index (κ1) is 16.7. The van der Waals surface area contributed by atoms with Crippen LogP contribution in [0.5, 0.6) is 0 Å². The highest BCUT2D eigenvalue weighted by molar-refractivity contribution is 6.04. The van der Waals surface area contributed by atoms with E-state index < -0.39 is 17.2 Å². The smallest absolute Gasteiger partial charge is 0.233 e. The fourth-order valence-corrected chi connectivity index (χ4v) is 2.64. The van der Waals surface area contributed by atoms with E-state index in [9.17, 15) is 9.59 Å². The van der Waals surface area contributed by atoms with Gasteiger partial charge in [0.1, 0.15) is 5.41 Å². The zero-order valence-corrected chi connectivity index (χ0v) is 13.5. The van der Waals surface area contributed by atoms with Crippen molar-refractivity contribution >= 4 is 11.8 Å². The van der Waals surface area contributed by atoms with Crippen LogP contribution in [-0.2, 0) is 22.4 Å². The van der Waals surface area contributed by atoms with Crippen LogP contribution in [0.4, 0.5) is 0 Å². The molecule has 0 aliphatic carbocycles. The van der Waals surface area contributed by atoms with Gasteiger partial charge in [-0.25, -0.2) is 0 Å². The van der Waals surface area contributed by atoms with E-state index in [1.807, 2.05) is 62.4 Å². The number of hydrogen-bond donors (Lipinski definition) is 2. The normalized spacial score (nSPS) is 11.2. The van der Waals surface area contributed by atoms with E-state index in [1.54, 1.807) is 0 Å². The number of carbonyl (C=O) groups is 2. The average Bonchev–Trinajstić information content (AvgIpc) is 2.50. The van der Waals surface area contributed by atoms with E-state index in [1.165, 1.54) is 0 Å². The van der Waals surface area contributed by atoms with Crippen molar-refractivity contribution in [3.63, 3.8) is 0 Å². The van der Waals surface area contributed by atoms with Crippen LogP contribution in [0.25, 0.3) is 0 Å². The molecule has 120 valence electrons. The minimum Gasteiger partial charge on any atom is -0.369 e. The van der Waals surface area contributed by atoms with E-state index in [0.29, 0.717) is 0 Å². The van der Waals surface area contributed by atoms with Gasteiger partial charge >= 0.3 is 0 Å². The van der Waals surface area contributed by atoms with E-state index in [0.717, 1.165) is 22.3 Å². The first-order valence-electron chi connectivity index (χ1n) is 7.54. The van der Waals surface area contributed by atoms with Crippen LogP contribution in [0.1, 0.15) is 22.3 Å². The van der Waals surface area contributed by atoms with E-state index >= 15 is 0 Å². The van der Waals surface area contributed by atoms with Crippen LogP contribution < -0.4 is 11.5 Å². The van der Waals surface area contributed by atoms with Crippen molar-refractivity contribution in [2.75, 3.05) is 0 Å². The summed E-state index contributed by atoms with van der Waals surface area (Å²) in [6.45, 7) is 3.96. The van der Waals surface area contributed by atoms with Gasteiger partial charge in [-0.3, -0.25) is 9.59 Å². The Balaban J connectivity index is 2.38. The Hall–Kier alpha value is -2.62. The predicted molar refractivity (Wildman–Crippen MR) is 90.6 cm³/mol. The summed E-state index contributed by atoms with van der Waals surface area (Å²) in [5.41, 5.74) is 13.7. The summed E-state index contributed by atoms with van der Waals surface area (Å²) in [7, 11) is 0. The Bertz CT molecular complexity index is 640. The Morgan fingerprint density at radius 3 is 1.30 bits per heavy atom. The number of carbonyl (C=O) groups excluding carboxylic acids is 2. The van der Waals surface area contributed by atoms with Crippen molar-refractivity contribution in [3.05, 3.63) is 70.8 Å². The fourth-order valence-electron chi connectivity index (χ4n) is 2.64. The highest BCUT2D eigenvalue weighted by Crippen LogP contribution is 2.28. The molecule has 2 rings (SSSR count). The molecule has 0 heterocycles. The molecular formula is C19H22N2O2. The number of nitrogens with two attached hydrogens (primary N) is 2. The Kier molecular flexibility index (Phi) is 4.84. The van der Waals surface area contributed by atoms with Crippen LogP contribution >= 0.6 is 0 Å². The average molecular weight is 310 g/mol. The van der Waals surface area contributed by atoms with Gasteiger partial charge in [0, 0.05) is 0 Å². The van der Waals surface area contributed by atoms with Gasteiger partial charge in [-0.1, -0.05) is 59.7 Å². The van der Waals surface area contributed by atoms with Crippen molar-refractivity contribution in [3.8, 4) is 0 Å². The third-order valence-corrected chi connectivity index (χ3v) is 4.20. The molecule has 4 nitrogen and oxygen atoms in total. The largest absolute Gasteiger partial charge is 0.369 e. The lowest BCUT2D eigenvalue weighted by Gasteiger charge is -2.27. The van der Waals surface area contributed by atoms with Gasteiger partial charge in [0.05, 0.1) is 0 Å². The van der Waals surface area contributed by atoms with Crippen LogP contribution in [-0.4, -0.2) is 11.8 Å². The molecule has 4 N–H and O–H groups in total. The first-order chi connectivity index (χ1) is 10.8. The number of benzene rings is 2. The van der Waals surface area contributed by atoms with Crippen molar-refractivity contribution in [1.82, 2.24) is 0 Å². The summed E-state index contributed by atoms with van der Waals surface area (Å²) in [5, 5.41) is 0. The molecule has 0 saturated heterocycles. The zero-order chi connectivity index (χ0) is 17.0. The molecule has 0 fully saturated rings. The number of primary amides is 2. The van der Waals surface area contributed by atoms with Gasteiger partial charge in [-0.05, 0) is 37.8 Å². The van der Waals surface area contributed by atoms with Crippen LogP contribution in [0.15, 0.2) is 48.5 Å². The monoisotopic (exact) mass is 310 g/mol. The molecule has 0 aliphatic heterocycles. The van der Waals surface area contributed by atoms with Crippen molar-refractivity contribution in [2.45, 2.75) is 26.7 Å². The molecule has 0 aromatic heterocycles. The number of hydrogen-bond acceptors (Lipinski definition) is 2. The Morgan fingerprint density at radius 2 is 1.04 bits per heavy atom. The quantitative estimate of drug-likeness (QED) is 0.800.